The monoisotopic (exact) mass is 258 g/mol. The zero-order valence-corrected chi connectivity index (χ0v) is 10.2. The number of rotatable bonds is 5. The second-order valence-corrected chi connectivity index (χ2v) is 5.26. The highest BCUT2D eigenvalue weighted by molar-refractivity contribution is 4.96. The molecule has 0 amide bonds. The van der Waals surface area contributed by atoms with E-state index in [0.29, 0.717) is 33.0 Å². The fraction of sp³-hybridized carbons (Fsp3) is 1.00. The molecule has 4 heterocycles. The highest BCUT2D eigenvalue weighted by Crippen LogP contribution is 2.32. The molecule has 0 aliphatic carbocycles. The number of hydrogen-bond donors (Lipinski definition) is 0. The molecular formula is C12H18O6. The maximum atomic E-state index is 5.89. The maximum Gasteiger partial charge on any atom is 0.115 e. The third kappa shape index (κ3) is 2.17. The van der Waals surface area contributed by atoms with Crippen molar-refractivity contribution in [3.63, 3.8) is 0 Å². The average molecular weight is 258 g/mol. The van der Waals surface area contributed by atoms with Gasteiger partial charge in [-0.1, -0.05) is 0 Å². The van der Waals surface area contributed by atoms with E-state index in [4.69, 9.17) is 28.4 Å². The Morgan fingerprint density at radius 2 is 1.56 bits per heavy atom. The van der Waals surface area contributed by atoms with Crippen LogP contribution >= 0.6 is 0 Å². The Kier molecular flexibility index (Phi) is 3.02. The van der Waals surface area contributed by atoms with Gasteiger partial charge in [-0.2, -0.15) is 0 Å². The zero-order chi connectivity index (χ0) is 11.9. The molecule has 18 heavy (non-hydrogen) atoms. The standard InChI is InChI=1S/C12H18O6/c1-8(2-13-1)18-10-6-17-11-9(5-16-12(10)11)15-4-7-3-14-7/h7-12H,1-6H2/t7?,9-,10+,11?,12?/m1/s1. The molecule has 0 bridgehead atoms. The Morgan fingerprint density at radius 3 is 2.22 bits per heavy atom. The first-order chi connectivity index (χ1) is 8.90. The molecule has 4 aliphatic rings. The summed E-state index contributed by atoms with van der Waals surface area (Å²) in [5.74, 6) is 0. The van der Waals surface area contributed by atoms with Crippen LogP contribution in [0, 0.1) is 0 Å². The van der Waals surface area contributed by atoms with Gasteiger partial charge >= 0.3 is 0 Å². The first kappa shape index (κ1) is 11.6. The van der Waals surface area contributed by atoms with Gasteiger partial charge in [0.15, 0.2) is 0 Å². The van der Waals surface area contributed by atoms with Crippen LogP contribution < -0.4 is 0 Å². The SMILES string of the molecule is C1OC1CO[C@@H]1COC2C1OC[C@@H]2OC1COC1. The number of hydrogen-bond acceptors (Lipinski definition) is 6. The van der Waals surface area contributed by atoms with Gasteiger partial charge in [-0.15, -0.1) is 0 Å². The summed E-state index contributed by atoms with van der Waals surface area (Å²) in [5, 5.41) is 0. The molecule has 3 unspecified atom stereocenters. The van der Waals surface area contributed by atoms with Crippen molar-refractivity contribution in [2.24, 2.45) is 0 Å². The van der Waals surface area contributed by atoms with Gasteiger partial charge in [0.05, 0.1) is 39.6 Å². The molecule has 0 aromatic rings. The van der Waals surface area contributed by atoms with Crippen LogP contribution in [0.3, 0.4) is 0 Å². The molecule has 4 aliphatic heterocycles. The van der Waals surface area contributed by atoms with Crippen molar-refractivity contribution in [3.8, 4) is 0 Å². The second-order valence-electron chi connectivity index (χ2n) is 5.26. The van der Waals surface area contributed by atoms with E-state index in [0.717, 1.165) is 6.61 Å². The summed E-state index contributed by atoms with van der Waals surface area (Å²) in [6, 6.07) is 0. The van der Waals surface area contributed by atoms with E-state index in [1.165, 1.54) is 0 Å². The summed E-state index contributed by atoms with van der Waals surface area (Å²) >= 11 is 0. The lowest BCUT2D eigenvalue weighted by Gasteiger charge is -2.30. The van der Waals surface area contributed by atoms with Gasteiger partial charge in [0.25, 0.3) is 0 Å². The molecule has 0 saturated carbocycles. The number of fused-ring (bicyclic) bond motifs is 1. The third-order valence-electron chi connectivity index (χ3n) is 3.84. The lowest BCUT2D eigenvalue weighted by molar-refractivity contribution is -0.170. The molecule has 0 aromatic carbocycles. The number of ether oxygens (including phenoxy) is 6. The fourth-order valence-corrected chi connectivity index (χ4v) is 2.62. The number of epoxide rings is 1. The Morgan fingerprint density at radius 1 is 0.833 bits per heavy atom. The predicted molar refractivity (Wildman–Crippen MR) is 58.4 cm³/mol. The van der Waals surface area contributed by atoms with Gasteiger partial charge in [0.1, 0.15) is 36.6 Å². The van der Waals surface area contributed by atoms with Gasteiger partial charge in [0.2, 0.25) is 0 Å². The van der Waals surface area contributed by atoms with E-state index in [1.54, 1.807) is 0 Å². The molecule has 0 radical (unpaired) electrons. The predicted octanol–water partition coefficient (Wildman–Crippen LogP) is -0.648. The largest absolute Gasteiger partial charge is 0.376 e. The van der Waals surface area contributed by atoms with Gasteiger partial charge in [0, 0.05) is 0 Å². The topological polar surface area (TPSA) is 58.7 Å². The van der Waals surface area contributed by atoms with Gasteiger partial charge < -0.3 is 28.4 Å². The van der Waals surface area contributed by atoms with Crippen LogP contribution in [0.5, 0.6) is 0 Å². The van der Waals surface area contributed by atoms with Crippen LogP contribution in [0.1, 0.15) is 0 Å². The van der Waals surface area contributed by atoms with Crippen molar-refractivity contribution >= 4 is 0 Å². The van der Waals surface area contributed by atoms with E-state index < -0.39 is 0 Å². The Bertz CT molecular complexity index is 303. The highest BCUT2D eigenvalue weighted by Gasteiger charge is 2.50. The molecule has 0 spiro atoms. The molecular weight excluding hydrogens is 240 g/mol. The minimum atomic E-state index is 0.00902. The smallest absolute Gasteiger partial charge is 0.115 e. The Labute approximate surface area is 105 Å². The Balaban J connectivity index is 1.30. The summed E-state index contributed by atoms with van der Waals surface area (Å²) in [4.78, 5) is 0. The van der Waals surface area contributed by atoms with Crippen molar-refractivity contribution in [1.82, 2.24) is 0 Å². The van der Waals surface area contributed by atoms with Crippen LogP contribution in [0.2, 0.25) is 0 Å². The van der Waals surface area contributed by atoms with Gasteiger partial charge in [-0.3, -0.25) is 0 Å². The van der Waals surface area contributed by atoms with E-state index in [-0.39, 0.29) is 36.6 Å². The van der Waals surface area contributed by atoms with Gasteiger partial charge in [-0.25, -0.2) is 0 Å². The quantitative estimate of drug-likeness (QED) is 0.611. The molecule has 0 N–H and O–H groups in total. The molecule has 102 valence electrons. The molecule has 5 atom stereocenters. The molecule has 4 rings (SSSR count). The molecule has 0 aromatic heterocycles. The summed E-state index contributed by atoms with van der Waals surface area (Å²) in [6.45, 7) is 4.01. The summed E-state index contributed by atoms with van der Waals surface area (Å²) in [7, 11) is 0. The third-order valence-corrected chi connectivity index (χ3v) is 3.84. The first-order valence-electron chi connectivity index (χ1n) is 6.60. The lowest BCUT2D eigenvalue weighted by atomic mass is 10.1. The van der Waals surface area contributed by atoms with Crippen molar-refractivity contribution < 1.29 is 28.4 Å². The second kappa shape index (κ2) is 4.70. The van der Waals surface area contributed by atoms with E-state index >= 15 is 0 Å². The van der Waals surface area contributed by atoms with Crippen molar-refractivity contribution in [2.45, 2.75) is 36.6 Å². The maximum absolute atomic E-state index is 5.89. The minimum Gasteiger partial charge on any atom is -0.376 e. The van der Waals surface area contributed by atoms with Crippen LogP contribution in [0.25, 0.3) is 0 Å². The molecule has 4 fully saturated rings. The first-order valence-corrected chi connectivity index (χ1v) is 6.60. The van der Waals surface area contributed by atoms with E-state index in [1.807, 2.05) is 0 Å². The fourth-order valence-electron chi connectivity index (χ4n) is 2.62. The molecule has 6 nitrogen and oxygen atoms in total. The lowest BCUT2D eigenvalue weighted by Crippen LogP contribution is -2.43. The summed E-state index contributed by atoms with van der Waals surface area (Å²) in [6.07, 6.45) is 0.552. The van der Waals surface area contributed by atoms with E-state index in [9.17, 15) is 0 Å². The highest BCUT2D eigenvalue weighted by atomic mass is 16.7. The summed E-state index contributed by atoms with van der Waals surface area (Å²) < 4.78 is 33.4. The van der Waals surface area contributed by atoms with Crippen molar-refractivity contribution in [3.05, 3.63) is 0 Å². The van der Waals surface area contributed by atoms with Gasteiger partial charge in [-0.05, 0) is 0 Å². The average Bonchev–Trinajstić information content (AvgIpc) is 2.93. The normalized spacial score (nSPS) is 47.0. The Hall–Kier alpha value is -0.240. The summed E-state index contributed by atoms with van der Waals surface area (Å²) in [5.41, 5.74) is 0. The van der Waals surface area contributed by atoms with Crippen LogP contribution in [0.4, 0.5) is 0 Å². The van der Waals surface area contributed by atoms with Crippen LogP contribution in [-0.4, -0.2) is 76.3 Å². The van der Waals surface area contributed by atoms with E-state index in [2.05, 4.69) is 0 Å². The van der Waals surface area contributed by atoms with Crippen molar-refractivity contribution in [1.29, 1.82) is 0 Å². The minimum absolute atomic E-state index is 0.00902. The zero-order valence-electron chi connectivity index (χ0n) is 10.2. The van der Waals surface area contributed by atoms with Crippen LogP contribution in [0.15, 0.2) is 0 Å². The van der Waals surface area contributed by atoms with Crippen LogP contribution in [-0.2, 0) is 28.4 Å². The molecule has 6 heteroatoms. The van der Waals surface area contributed by atoms with Crippen molar-refractivity contribution in [2.75, 3.05) is 39.6 Å². The molecule has 4 saturated heterocycles.